The fourth-order valence-electron chi connectivity index (χ4n) is 2.65. The van der Waals surface area contributed by atoms with Gasteiger partial charge in [0.1, 0.15) is 0 Å². The van der Waals surface area contributed by atoms with Crippen LogP contribution in [0.25, 0.3) is 5.78 Å². The summed E-state index contributed by atoms with van der Waals surface area (Å²) in [5.74, 6) is 1.67. The van der Waals surface area contributed by atoms with Gasteiger partial charge in [0.25, 0.3) is 5.78 Å². The van der Waals surface area contributed by atoms with E-state index >= 15 is 0 Å². The zero-order chi connectivity index (χ0) is 16.2. The first-order chi connectivity index (χ1) is 11.9. The third kappa shape index (κ3) is 3.11. The molecule has 1 saturated heterocycles. The van der Waals surface area contributed by atoms with Crippen molar-refractivity contribution < 1.29 is 4.74 Å². The maximum atomic E-state index is 5.40. The lowest BCUT2D eigenvalue weighted by molar-refractivity contribution is 0.121. The molecule has 124 valence electrons. The number of anilines is 2. The fraction of sp³-hybridized carbons (Fsp3) is 0.400. The summed E-state index contributed by atoms with van der Waals surface area (Å²) in [5.41, 5.74) is 1.27. The van der Waals surface area contributed by atoms with Crippen molar-refractivity contribution in [1.82, 2.24) is 30.0 Å². The van der Waals surface area contributed by atoms with Crippen molar-refractivity contribution in [3.8, 4) is 0 Å². The van der Waals surface area contributed by atoms with Crippen molar-refractivity contribution in [3.05, 3.63) is 35.9 Å². The second-order valence-corrected chi connectivity index (χ2v) is 5.50. The molecule has 4 rings (SSSR count). The number of nitrogens with one attached hydrogen (secondary N) is 1. The van der Waals surface area contributed by atoms with Gasteiger partial charge in [0.15, 0.2) is 0 Å². The van der Waals surface area contributed by atoms with Gasteiger partial charge >= 0.3 is 0 Å². The van der Waals surface area contributed by atoms with Crippen LogP contribution in [0.5, 0.6) is 0 Å². The molecule has 1 N–H and O–H groups in total. The quantitative estimate of drug-likeness (QED) is 0.720. The van der Waals surface area contributed by atoms with Gasteiger partial charge in [-0.2, -0.15) is 9.97 Å². The van der Waals surface area contributed by atoms with E-state index in [1.54, 1.807) is 4.52 Å². The van der Waals surface area contributed by atoms with Crippen molar-refractivity contribution in [2.24, 2.45) is 0 Å². The van der Waals surface area contributed by atoms with E-state index in [1.165, 1.54) is 5.56 Å². The molecular weight excluding hydrogens is 308 g/mol. The van der Waals surface area contributed by atoms with E-state index < -0.39 is 0 Å². The molecule has 24 heavy (non-hydrogen) atoms. The van der Waals surface area contributed by atoms with Crippen LogP contribution in [0.3, 0.4) is 0 Å². The van der Waals surface area contributed by atoms with Crippen LogP contribution in [0.15, 0.2) is 30.3 Å². The molecule has 0 saturated carbocycles. The summed E-state index contributed by atoms with van der Waals surface area (Å²) in [6.07, 6.45) is 0.896. The van der Waals surface area contributed by atoms with Gasteiger partial charge in [0.05, 0.1) is 13.2 Å². The average molecular weight is 326 g/mol. The van der Waals surface area contributed by atoms with Gasteiger partial charge in [0, 0.05) is 19.6 Å². The van der Waals surface area contributed by atoms with Gasteiger partial charge in [-0.25, -0.2) is 0 Å². The Morgan fingerprint density at radius 2 is 1.92 bits per heavy atom. The summed E-state index contributed by atoms with van der Waals surface area (Å²) in [5, 5.41) is 14.9. The van der Waals surface area contributed by atoms with Gasteiger partial charge in [-0.3, -0.25) is 0 Å². The Kier molecular flexibility index (Phi) is 4.15. The molecule has 2 aromatic heterocycles. The number of aromatic nitrogens is 6. The van der Waals surface area contributed by atoms with Crippen molar-refractivity contribution in [2.45, 2.75) is 6.42 Å². The number of benzene rings is 1. The summed E-state index contributed by atoms with van der Waals surface area (Å²) in [7, 11) is 0. The topological polar surface area (TPSA) is 93.4 Å². The minimum absolute atomic E-state index is 0.439. The van der Waals surface area contributed by atoms with Crippen LogP contribution >= 0.6 is 0 Å². The standard InChI is InChI=1S/C15H18N8O/c1-2-4-12(5-3-1)6-7-16-13-17-14-19-20-21-23(14)15(18-13)22-8-10-24-11-9-22/h1-5H,6-11H2,(H,16,17,19,21). The highest BCUT2D eigenvalue weighted by Gasteiger charge is 2.19. The number of nitrogens with zero attached hydrogens (tertiary/aromatic N) is 7. The van der Waals surface area contributed by atoms with Crippen LogP contribution in [-0.4, -0.2) is 62.9 Å². The minimum atomic E-state index is 0.439. The van der Waals surface area contributed by atoms with Gasteiger partial charge in [-0.15, -0.1) is 4.52 Å². The highest BCUT2D eigenvalue weighted by molar-refractivity contribution is 5.45. The number of morpholine rings is 1. The van der Waals surface area contributed by atoms with Crippen LogP contribution in [0.4, 0.5) is 11.9 Å². The summed E-state index contributed by atoms with van der Waals surface area (Å²) < 4.78 is 6.96. The zero-order valence-electron chi connectivity index (χ0n) is 13.2. The number of fused-ring (bicyclic) bond motifs is 1. The summed E-state index contributed by atoms with van der Waals surface area (Å²) in [6, 6.07) is 10.3. The molecule has 0 spiro atoms. The van der Waals surface area contributed by atoms with Gasteiger partial charge < -0.3 is 15.0 Å². The largest absolute Gasteiger partial charge is 0.378 e. The van der Waals surface area contributed by atoms with Crippen molar-refractivity contribution in [3.63, 3.8) is 0 Å². The van der Waals surface area contributed by atoms with Crippen LogP contribution in [-0.2, 0) is 11.2 Å². The smallest absolute Gasteiger partial charge is 0.279 e. The third-order valence-corrected chi connectivity index (χ3v) is 3.89. The van der Waals surface area contributed by atoms with E-state index in [9.17, 15) is 0 Å². The Morgan fingerprint density at radius 1 is 1.08 bits per heavy atom. The molecule has 1 aliphatic heterocycles. The molecule has 0 radical (unpaired) electrons. The van der Waals surface area contributed by atoms with Gasteiger partial charge in [0.2, 0.25) is 11.9 Å². The molecule has 1 aromatic carbocycles. The summed E-state index contributed by atoms with van der Waals surface area (Å²) in [6.45, 7) is 3.60. The van der Waals surface area contributed by atoms with E-state index in [1.807, 2.05) is 18.2 Å². The highest BCUT2D eigenvalue weighted by atomic mass is 16.5. The molecule has 3 aromatic rings. The second kappa shape index (κ2) is 6.75. The first-order valence-corrected chi connectivity index (χ1v) is 7.97. The monoisotopic (exact) mass is 326 g/mol. The fourth-order valence-corrected chi connectivity index (χ4v) is 2.65. The Labute approximate surface area is 138 Å². The van der Waals surface area contributed by atoms with Crippen LogP contribution in [0.1, 0.15) is 5.56 Å². The lowest BCUT2D eigenvalue weighted by Gasteiger charge is -2.27. The number of hydrogen-bond acceptors (Lipinski definition) is 8. The van der Waals surface area contributed by atoms with E-state index in [4.69, 9.17) is 4.74 Å². The second-order valence-electron chi connectivity index (χ2n) is 5.50. The minimum Gasteiger partial charge on any atom is -0.378 e. The van der Waals surface area contributed by atoms with E-state index in [0.29, 0.717) is 30.9 Å². The molecular formula is C15H18N8O. The molecule has 3 heterocycles. The maximum Gasteiger partial charge on any atom is 0.279 e. The van der Waals surface area contributed by atoms with Crippen LogP contribution in [0, 0.1) is 0 Å². The lowest BCUT2D eigenvalue weighted by Crippen LogP contribution is -2.38. The molecule has 0 bridgehead atoms. The number of tetrazole rings is 1. The molecule has 1 fully saturated rings. The molecule has 0 aliphatic carbocycles. The van der Waals surface area contributed by atoms with E-state index in [-0.39, 0.29) is 0 Å². The zero-order valence-corrected chi connectivity index (χ0v) is 13.2. The Morgan fingerprint density at radius 3 is 2.75 bits per heavy atom. The summed E-state index contributed by atoms with van der Waals surface area (Å²) in [4.78, 5) is 11.1. The van der Waals surface area contributed by atoms with E-state index in [0.717, 1.165) is 26.1 Å². The maximum absolute atomic E-state index is 5.40. The van der Waals surface area contributed by atoms with Crippen molar-refractivity contribution in [1.29, 1.82) is 0 Å². The molecule has 0 unspecified atom stereocenters. The van der Waals surface area contributed by atoms with Crippen molar-refractivity contribution in [2.75, 3.05) is 43.1 Å². The average Bonchev–Trinajstić information content (AvgIpc) is 3.11. The van der Waals surface area contributed by atoms with Gasteiger partial charge in [-0.05, 0) is 22.4 Å². The normalized spacial score (nSPS) is 14.9. The van der Waals surface area contributed by atoms with Crippen molar-refractivity contribution >= 4 is 17.7 Å². The number of rotatable bonds is 5. The predicted octanol–water partition coefficient (Wildman–Crippen LogP) is 0.405. The molecule has 9 heteroatoms. The molecule has 0 atom stereocenters. The summed E-state index contributed by atoms with van der Waals surface area (Å²) >= 11 is 0. The highest BCUT2D eigenvalue weighted by Crippen LogP contribution is 2.15. The Hall–Kier alpha value is -2.81. The molecule has 0 amide bonds. The van der Waals surface area contributed by atoms with Gasteiger partial charge in [-0.1, -0.05) is 35.4 Å². The first-order valence-electron chi connectivity index (χ1n) is 7.97. The number of ether oxygens (including phenoxy) is 1. The van der Waals surface area contributed by atoms with E-state index in [2.05, 4.69) is 47.8 Å². The SMILES string of the molecule is c1ccc(CCNc2nc(N3CCOCC3)n3nnnc3n2)cc1. The van der Waals surface area contributed by atoms with Crippen LogP contribution < -0.4 is 10.2 Å². The number of hydrogen-bond donors (Lipinski definition) is 1. The first kappa shape index (κ1) is 14.8. The molecule has 1 aliphatic rings. The lowest BCUT2D eigenvalue weighted by atomic mass is 10.1. The third-order valence-electron chi connectivity index (χ3n) is 3.89. The Balaban J connectivity index is 1.52. The Bertz CT molecular complexity index is 800. The molecule has 9 nitrogen and oxygen atoms in total. The van der Waals surface area contributed by atoms with Crippen LogP contribution in [0.2, 0.25) is 0 Å². The predicted molar refractivity (Wildman–Crippen MR) is 88.0 cm³/mol.